The lowest BCUT2D eigenvalue weighted by Crippen LogP contribution is -2.34. The Morgan fingerprint density at radius 2 is 1.71 bits per heavy atom. The molecule has 2 heterocycles. The van der Waals surface area contributed by atoms with Crippen molar-refractivity contribution in [2.45, 2.75) is 57.5 Å². The lowest BCUT2D eigenvalue weighted by atomic mass is 9.63. The quantitative estimate of drug-likeness (QED) is 0.0833. The SMILES string of the molecule is CC1(C)CCC(C)(C)c2cc(-n3c(C(F)(F)F)nc4cc(C(=O)O)ccc43)c(OCCOCCNc3ccc([N+](=O)[O-])c4nonc34)cc21. The standard InChI is InChI=1S/C33H33F3N6O7/c1-31(2)9-10-32(3,4)20-17-26(48-14-13-47-12-11-37-21-6-8-24(42(45)46)28-27(21)39-49-40-28)25(16-19(20)31)41-23-7-5-18(29(43)44)15-22(23)38-30(41)33(34,35)36/h5-8,15-17,37H,9-14H2,1-4H3,(H,43,44). The highest BCUT2D eigenvalue weighted by molar-refractivity contribution is 5.94. The Labute approximate surface area is 277 Å². The number of imidazole rings is 1. The molecule has 1 aliphatic rings. The summed E-state index contributed by atoms with van der Waals surface area (Å²) in [6, 6.07) is 10.0. The van der Waals surface area contributed by atoms with Gasteiger partial charge in [-0.2, -0.15) is 13.2 Å². The molecule has 0 atom stereocenters. The number of halogens is 3. The number of carboxylic acids is 1. The summed E-state index contributed by atoms with van der Waals surface area (Å²) in [6.45, 7) is 8.89. The number of hydrogen-bond acceptors (Lipinski definition) is 10. The Bertz CT molecular complexity index is 2090. The van der Waals surface area contributed by atoms with Crippen LogP contribution in [0.3, 0.4) is 0 Å². The normalized spacial score (nSPS) is 15.3. The molecule has 258 valence electrons. The topological polar surface area (TPSA) is 168 Å². The van der Waals surface area contributed by atoms with E-state index in [0.717, 1.165) is 34.6 Å². The number of benzene rings is 3. The third-order valence-corrected chi connectivity index (χ3v) is 8.97. The number of nitro groups is 1. The summed E-state index contributed by atoms with van der Waals surface area (Å²) in [5, 5.41) is 31.1. The summed E-state index contributed by atoms with van der Waals surface area (Å²) in [5.41, 5.74) is 1.62. The molecule has 5 aromatic rings. The number of nitrogens with one attached hydrogen (secondary N) is 1. The van der Waals surface area contributed by atoms with Gasteiger partial charge in [0.05, 0.1) is 46.1 Å². The second-order valence-electron chi connectivity index (χ2n) is 13.1. The van der Waals surface area contributed by atoms with Crippen molar-refractivity contribution in [3.63, 3.8) is 0 Å². The molecule has 0 fully saturated rings. The molecule has 2 aromatic heterocycles. The summed E-state index contributed by atoms with van der Waals surface area (Å²) in [5.74, 6) is -2.28. The minimum absolute atomic E-state index is 0.00172. The molecular formula is C33H33F3N6O7. The first-order valence-electron chi connectivity index (χ1n) is 15.4. The van der Waals surface area contributed by atoms with E-state index in [0.29, 0.717) is 12.2 Å². The van der Waals surface area contributed by atoms with Crippen LogP contribution in [0.1, 0.15) is 67.8 Å². The minimum Gasteiger partial charge on any atom is -0.489 e. The van der Waals surface area contributed by atoms with Crippen LogP contribution in [0.5, 0.6) is 5.75 Å². The zero-order valence-corrected chi connectivity index (χ0v) is 27.1. The molecule has 6 rings (SSSR count). The van der Waals surface area contributed by atoms with Crippen molar-refractivity contribution in [3.8, 4) is 11.4 Å². The Kier molecular flexibility index (Phi) is 8.46. The summed E-state index contributed by atoms with van der Waals surface area (Å²) < 4.78 is 61.2. The highest BCUT2D eigenvalue weighted by Crippen LogP contribution is 2.49. The van der Waals surface area contributed by atoms with Crippen molar-refractivity contribution in [1.29, 1.82) is 0 Å². The molecule has 16 heteroatoms. The van der Waals surface area contributed by atoms with Gasteiger partial charge in [0.2, 0.25) is 11.3 Å². The van der Waals surface area contributed by atoms with Crippen LogP contribution in [0.15, 0.2) is 47.1 Å². The van der Waals surface area contributed by atoms with Crippen molar-refractivity contribution in [1.82, 2.24) is 19.9 Å². The number of nitrogens with zero attached hydrogens (tertiary/aromatic N) is 5. The third kappa shape index (κ3) is 6.35. The summed E-state index contributed by atoms with van der Waals surface area (Å²) >= 11 is 0. The van der Waals surface area contributed by atoms with E-state index in [4.69, 9.17) is 9.47 Å². The van der Waals surface area contributed by atoms with Gasteiger partial charge in [-0.3, -0.25) is 14.7 Å². The molecule has 2 N–H and O–H groups in total. The van der Waals surface area contributed by atoms with E-state index < -0.39 is 22.9 Å². The van der Waals surface area contributed by atoms with Crippen molar-refractivity contribution in [3.05, 3.63) is 75.1 Å². The number of aromatic carboxylic acids is 1. The zero-order valence-electron chi connectivity index (χ0n) is 27.1. The molecule has 0 aliphatic heterocycles. The first-order chi connectivity index (χ1) is 23.1. The highest BCUT2D eigenvalue weighted by atomic mass is 19.4. The summed E-state index contributed by atoms with van der Waals surface area (Å²) in [7, 11) is 0. The van der Waals surface area contributed by atoms with Crippen molar-refractivity contribution in [2.24, 2.45) is 0 Å². The van der Waals surface area contributed by atoms with Gasteiger partial charge in [0.25, 0.3) is 0 Å². The Balaban J connectivity index is 1.27. The molecule has 0 unspecified atom stereocenters. The lowest BCUT2D eigenvalue weighted by Gasteiger charge is -2.42. The average Bonchev–Trinajstić information content (AvgIpc) is 3.68. The fourth-order valence-electron chi connectivity index (χ4n) is 6.23. The lowest BCUT2D eigenvalue weighted by molar-refractivity contribution is -0.383. The first kappa shape index (κ1) is 33.6. The van der Waals surface area contributed by atoms with Gasteiger partial charge in [-0.15, -0.1) is 0 Å². The largest absolute Gasteiger partial charge is 0.489 e. The van der Waals surface area contributed by atoms with E-state index in [1.54, 1.807) is 12.1 Å². The average molecular weight is 683 g/mol. The maximum atomic E-state index is 14.5. The number of aromatic nitrogens is 4. The van der Waals surface area contributed by atoms with E-state index in [2.05, 4.69) is 52.9 Å². The minimum atomic E-state index is -4.86. The first-order valence-corrected chi connectivity index (χ1v) is 15.4. The molecule has 0 radical (unpaired) electrons. The number of alkyl halides is 3. The van der Waals surface area contributed by atoms with Gasteiger partial charge in [-0.05, 0) is 81.5 Å². The van der Waals surface area contributed by atoms with Crippen LogP contribution >= 0.6 is 0 Å². The number of non-ortho nitro benzene ring substituents is 1. The van der Waals surface area contributed by atoms with Crippen LogP contribution in [0.25, 0.3) is 27.8 Å². The van der Waals surface area contributed by atoms with Crippen LogP contribution in [0.4, 0.5) is 24.5 Å². The molecule has 13 nitrogen and oxygen atoms in total. The van der Waals surface area contributed by atoms with E-state index in [-0.39, 0.29) is 75.4 Å². The van der Waals surface area contributed by atoms with Gasteiger partial charge in [0, 0.05) is 12.6 Å². The molecule has 0 saturated carbocycles. The molecule has 49 heavy (non-hydrogen) atoms. The van der Waals surface area contributed by atoms with Gasteiger partial charge in [-0.25, -0.2) is 14.4 Å². The van der Waals surface area contributed by atoms with Crippen molar-refractivity contribution < 1.29 is 42.1 Å². The van der Waals surface area contributed by atoms with Crippen LogP contribution in [-0.2, 0) is 21.7 Å². The predicted molar refractivity (Wildman–Crippen MR) is 172 cm³/mol. The smallest absolute Gasteiger partial charge is 0.450 e. The number of nitro benzene ring substituents is 1. The maximum absolute atomic E-state index is 14.5. The molecule has 0 spiro atoms. The zero-order chi connectivity index (χ0) is 35.3. The maximum Gasteiger partial charge on any atom is 0.450 e. The molecule has 0 amide bonds. The van der Waals surface area contributed by atoms with Gasteiger partial charge in [-0.1, -0.05) is 27.7 Å². The number of hydrogen-bond donors (Lipinski definition) is 2. The summed E-state index contributed by atoms with van der Waals surface area (Å²) in [6.07, 6.45) is -3.17. The number of anilines is 1. The Morgan fingerprint density at radius 3 is 2.39 bits per heavy atom. The molecule has 0 bridgehead atoms. The predicted octanol–water partition coefficient (Wildman–Crippen LogP) is 7.04. The third-order valence-electron chi connectivity index (χ3n) is 8.97. The van der Waals surface area contributed by atoms with Crippen LogP contribution in [-0.4, -0.2) is 62.2 Å². The van der Waals surface area contributed by atoms with Crippen LogP contribution in [0, 0.1) is 10.1 Å². The van der Waals surface area contributed by atoms with E-state index in [1.807, 2.05) is 0 Å². The van der Waals surface area contributed by atoms with E-state index in [1.165, 1.54) is 24.3 Å². The van der Waals surface area contributed by atoms with Crippen molar-refractivity contribution in [2.75, 3.05) is 31.7 Å². The van der Waals surface area contributed by atoms with Crippen LogP contribution < -0.4 is 10.1 Å². The van der Waals surface area contributed by atoms with E-state index >= 15 is 0 Å². The summed E-state index contributed by atoms with van der Waals surface area (Å²) in [4.78, 5) is 26.1. The van der Waals surface area contributed by atoms with Gasteiger partial charge in [0.15, 0.2) is 5.52 Å². The fraction of sp³-hybridized carbons (Fsp3) is 0.394. The molecular weight excluding hydrogens is 649 g/mol. The second-order valence-corrected chi connectivity index (χ2v) is 13.1. The Morgan fingerprint density at radius 1 is 1.02 bits per heavy atom. The van der Waals surface area contributed by atoms with Crippen molar-refractivity contribution >= 4 is 39.4 Å². The molecule has 0 saturated heterocycles. The van der Waals surface area contributed by atoms with Gasteiger partial charge in [0.1, 0.15) is 12.4 Å². The molecule has 3 aromatic carbocycles. The highest BCUT2D eigenvalue weighted by Gasteiger charge is 2.41. The monoisotopic (exact) mass is 682 g/mol. The number of carbonyl (C=O) groups is 1. The number of ether oxygens (including phenoxy) is 2. The number of carboxylic acid groups (broad SMARTS) is 1. The Hall–Kier alpha value is -5.25. The number of fused-ring (bicyclic) bond motifs is 3. The van der Waals surface area contributed by atoms with Crippen LogP contribution in [0.2, 0.25) is 0 Å². The fourth-order valence-corrected chi connectivity index (χ4v) is 6.23. The van der Waals surface area contributed by atoms with Gasteiger partial charge < -0.3 is 19.9 Å². The number of rotatable bonds is 11. The van der Waals surface area contributed by atoms with E-state index in [9.17, 15) is 33.2 Å². The molecule has 1 aliphatic carbocycles. The second kappa shape index (κ2) is 12.3. The van der Waals surface area contributed by atoms with Gasteiger partial charge >= 0.3 is 17.8 Å².